The molecule has 0 saturated carbocycles. The van der Waals surface area contributed by atoms with E-state index in [-0.39, 0.29) is 24.1 Å². The minimum Gasteiger partial charge on any atom is -0.375 e. The molecule has 43 heavy (non-hydrogen) atoms. The second-order valence-electron chi connectivity index (χ2n) is 10.6. The molecule has 3 N–H and O–H groups in total. The zero-order valence-electron chi connectivity index (χ0n) is 23.2. The molecule has 10 heteroatoms. The standard InChI is InChI=1S/C33H30F3N5O2/c34-21-10-8-20(9-11-21)25(23-14-15-37-18-27(23)36)16-32(42)39-28-7-3-4-26(35)24(28)13-12-22-17-38-31(19-43-22)33-40-29-5-1-2-6-30(29)41-33/h1-11,14-15,18,22,25,31,38H,12-13,16-17,19H2,(H,39,42)(H,40,41). The van der Waals surface area contributed by atoms with Crippen molar-refractivity contribution in [2.24, 2.45) is 0 Å². The molecule has 1 fully saturated rings. The number of nitrogens with zero attached hydrogens (tertiary/aromatic N) is 2. The van der Waals surface area contributed by atoms with E-state index in [1.54, 1.807) is 6.07 Å². The number of H-pyrrole nitrogens is 1. The topological polar surface area (TPSA) is 91.9 Å². The van der Waals surface area contributed by atoms with Crippen LogP contribution in [0.15, 0.2) is 85.2 Å². The molecule has 0 bridgehead atoms. The number of imidazole rings is 1. The van der Waals surface area contributed by atoms with Crippen molar-refractivity contribution >= 4 is 22.6 Å². The summed E-state index contributed by atoms with van der Waals surface area (Å²) >= 11 is 0. The lowest BCUT2D eigenvalue weighted by molar-refractivity contribution is -0.116. The highest BCUT2D eigenvalue weighted by molar-refractivity contribution is 5.92. The summed E-state index contributed by atoms with van der Waals surface area (Å²) in [6, 6.07) is 19.4. The maximum atomic E-state index is 15.0. The molecule has 0 aliphatic carbocycles. The van der Waals surface area contributed by atoms with Gasteiger partial charge in [-0.15, -0.1) is 0 Å². The number of aromatic amines is 1. The molecule has 7 nitrogen and oxygen atoms in total. The number of carbonyl (C=O) groups excluding carboxylic acids is 1. The molecule has 1 amide bonds. The van der Waals surface area contributed by atoms with E-state index < -0.39 is 29.3 Å². The number of amides is 1. The molecule has 3 heterocycles. The van der Waals surface area contributed by atoms with Crippen LogP contribution in [0.3, 0.4) is 0 Å². The molecule has 2 aromatic heterocycles. The lowest BCUT2D eigenvalue weighted by atomic mass is 9.88. The van der Waals surface area contributed by atoms with Crippen LogP contribution in [-0.4, -0.2) is 40.1 Å². The summed E-state index contributed by atoms with van der Waals surface area (Å²) in [5, 5.41) is 6.29. The van der Waals surface area contributed by atoms with Crippen LogP contribution in [0.4, 0.5) is 18.9 Å². The number of anilines is 1. The Morgan fingerprint density at radius 3 is 2.60 bits per heavy atom. The number of halogens is 3. The van der Waals surface area contributed by atoms with Gasteiger partial charge >= 0.3 is 0 Å². The first-order chi connectivity index (χ1) is 20.9. The first-order valence-corrected chi connectivity index (χ1v) is 14.2. The van der Waals surface area contributed by atoms with E-state index in [0.717, 1.165) is 23.1 Å². The van der Waals surface area contributed by atoms with Gasteiger partial charge in [0.15, 0.2) is 0 Å². The van der Waals surface area contributed by atoms with E-state index in [1.807, 2.05) is 24.3 Å². The van der Waals surface area contributed by atoms with E-state index >= 15 is 4.39 Å². The van der Waals surface area contributed by atoms with Crippen LogP contribution < -0.4 is 10.6 Å². The van der Waals surface area contributed by atoms with Crippen molar-refractivity contribution in [2.45, 2.75) is 37.3 Å². The Balaban J connectivity index is 1.10. The molecule has 0 radical (unpaired) electrons. The monoisotopic (exact) mass is 585 g/mol. The first kappa shape index (κ1) is 28.6. The number of fused-ring (bicyclic) bond motifs is 1. The van der Waals surface area contributed by atoms with Gasteiger partial charge in [0.25, 0.3) is 0 Å². The minimum absolute atomic E-state index is 0.0775. The first-order valence-electron chi connectivity index (χ1n) is 14.2. The Labute approximate surface area is 246 Å². The smallest absolute Gasteiger partial charge is 0.225 e. The molecule has 3 atom stereocenters. The van der Waals surface area contributed by atoms with E-state index in [2.05, 4.69) is 25.6 Å². The summed E-state index contributed by atoms with van der Waals surface area (Å²) < 4.78 is 49.4. The lowest BCUT2D eigenvalue weighted by Gasteiger charge is -2.29. The zero-order valence-corrected chi connectivity index (χ0v) is 23.2. The average Bonchev–Trinajstić information content (AvgIpc) is 3.45. The average molecular weight is 586 g/mol. The van der Waals surface area contributed by atoms with Crippen LogP contribution in [-0.2, 0) is 16.0 Å². The van der Waals surface area contributed by atoms with Crippen molar-refractivity contribution in [2.75, 3.05) is 18.5 Å². The van der Waals surface area contributed by atoms with Gasteiger partial charge in [0.2, 0.25) is 5.91 Å². The van der Waals surface area contributed by atoms with Gasteiger partial charge in [-0.3, -0.25) is 9.78 Å². The van der Waals surface area contributed by atoms with Crippen molar-refractivity contribution in [1.82, 2.24) is 20.3 Å². The lowest BCUT2D eigenvalue weighted by Crippen LogP contribution is -2.41. The fourth-order valence-corrected chi connectivity index (χ4v) is 5.52. The third-order valence-electron chi connectivity index (χ3n) is 7.78. The number of rotatable bonds is 9. The Hall–Kier alpha value is -4.54. The number of nitrogens with one attached hydrogen (secondary N) is 3. The van der Waals surface area contributed by atoms with Gasteiger partial charge in [-0.05, 0) is 66.4 Å². The number of aromatic nitrogens is 3. The Kier molecular flexibility index (Phi) is 8.48. The fourth-order valence-electron chi connectivity index (χ4n) is 5.52. The van der Waals surface area contributed by atoms with Gasteiger partial charge in [0.1, 0.15) is 23.3 Å². The summed E-state index contributed by atoms with van der Waals surface area (Å²) in [5.74, 6) is -1.75. The van der Waals surface area contributed by atoms with Gasteiger partial charge in [-0.1, -0.05) is 30.3 Å². The number of hydrogen-bond donors (Lipinski definition) is 3. The summed E-state index contributed by atoms with van der Waals surface area (Å²) in [6.45, 7) is 0.983. The van der Waals surface area contributed by atoms with Crippen LogP contribution in [0, 0.1) is 17.5 Å². The van der Waals surface area contributed by atoms with Crippen molar-refractivity contribution in [3.63, 3.8) is 0 Å². The second kappa shape index (κ2) is 12.8. The van der Waals surface area contributed by atoms with Gasteiger partial charge in [0.05, 0.1) is 36.0 Å². The molecule has 3 aromatic carbocycles. The zero-order chi connectivity index (χ0) is 29.8. The van der Waals surface area contributed by atoms with Gasteiger partial charge in [-0.25, -0.2) is 18.2 Å². The SMILES string of the molecule is O=C(CC(c1ccc(F)cc1)c1ccncc1F)Nc1cccc(F)c1CCC1CNC(c2nc3ccccc3[nH]2)CO1. The number of morpholine rings is 1. The number of carbonyl (C=O) groups is 1. The normalized spacial score (nSPS) is 17.6. The molecule has 0 spiro atoms. The fraction of sp³-hybridized carbons (Fsp3) is 0.242. The Morgan fingerprint density at radius 1 is 1.00 bits per heavy atom. The third kappa shape index (κ3) is 6.60. The van der Waals surface area contributed by atoms with Crippen molar-refractivity contribution in [3.05, 3.63) is 125 Å². The molecule has 3 unspecified atom stereocenters. The summed E-state index contributed by atoms with van der Waals surface area (Å²) in [7, 11) is 0. The van der Waals surface area contributed by atoms with E-state index in [4.69, 9.17) is 4.74 Å². The molecule has 1 aliphatic heterocycles. The van der Waals surface area contributed by atoms with E-state index in [0.29, 0.717) is 42.8 Å². The summed E-state index contributed by atoms with van der Waals surface area (Å²) in [6.07, 6.45) is 3.10. The van der Waals surface area contributed by atoms with Crippen LogP contribution in [0.25, 0.3) is 11.0 Å². The molecule has 1 aliphatic rings. The predicted molar refractivity (Wildman–Crippen MR) is 157 cm³/mol. The van der Waals surface area contributed by atoms with E-state index in [9.17, 15) is 13.6 Å². The number of hydrogen-bond acceptors (Lipinski definition) is 5. The van der Waals surface area contributed by atoms with Crippen molar-refractivity contribution < 1.29 is 22.7 Å². The highest BCUT2D eigenvalue weighted by atomic mass is 19.1. The minimum atomic E-state index is -0.693. The largest absolute Gasteiger partial charge is 0.375 e. The summed E-state index contributed by atoms with van der Waals surface area (Å²) in [5.41, 5.74) is 3.41. The van der Waals surface area contributed by atoms with Crippen LogP contribution in [0.5, 0.6) is 0 Å². The second-order valence-corrected chi connectivity index (χ2v) is 10.6. The number of ether oxygens (including phenoxy) is 1. The molecule has 220 valence electrons. The summed E-state index contributed by atoms with van der Waals surface area (Å²) in [4.78, 5) is 25.0. The Bertz CT molecular complexity index is 1680. The van der Waals surface area contributed by atoms with Crippen molar-refractivity contribution in [3.8, 4) is 0 Å². The number of benzene rings is 3. The van der Waals surface area contributed by atoms with Crippen LogP contribution in [0.2, 0.25) is 0 Å². The number of para-hydroxylation sites is 2. The quantitative estimate of drug-likeness (QED) is 0.192. The third-order valence-corrected chi connectivity index (χ3v) is 7.78. The predicted octanol–water partition coefficient (Wildman–Crippen LogP) is 6.20. The highest BCUT2D eigenvalue weighted by Crippen LogP contribution is 2.31. The van der Waals surface area contributed by atoms with E-state index in [1.165, 1.54) is 48.7 Å². The van der Waals surface area contributed by atoms with Gasteiger partial charge in [0, 0.05) is 36.3 Å². The molecule has 1 saturated heterocycles. The van der Waals surface area contributed by atoms with Crippen LogP contribution in [0.1, 0.15) is 47.3 Å². The molecule has 6 rings (SSSR count). The maximum absolute atomic E-state index is 15.0. The number of pyridine rings is 1. The molecular formula is C33H30F3N5O2. The molecular weight excluding hydrogens is 555 g/mol. The highest BCUT2D eigenvalue weighted by Gasteiger charge is 2.26. The van der Waals surface area contributed by atoms with Gasteiger partial charge in [-0.2, -0.15) is 0 Å². The van der Waals surface area contributed by atoms with Gasteiger partial charge < -0.3 is 20.4 Å². The maximum Gasteiger partial charge on any atom is 0.225 e. The Morgan fingerprint density at radius 2 is 1.84 bits per heavy atom. The van der Waals surface area contributed by atoms with Crippen LogP contribution >= 0.6 is 0 Å². The molecule has 5 aromatic rings. The van der Waals surface area contributed by atoms with Crippen molar-refractivity contribution in [1.29, 1.82) is 0 Å².